The molecule has 1 fully saturated rings. The molecule has 6 heteroatoms. The lowest BCUT2D eigenvalue weighted by atomic mass is 10.2. The van der Waals surface area contributed by atoms with Gasteiger partial charge in [0.25, 0.3) is 0 Å². The first-order valence-corrected chi connectivity index (χ1v) is 7.46. The summed E-state index contributed by atoms with van der Waals surface area (Å²) in [5.74, 6) is 0. The molecule has 0 aliphatic carbocycles. The highest BCUT2D eigenvalue weighted by atomic mass is 32.2. The molecule has 0 aromatic carbocycles. The number of rotatable bonds is 2. The summed E-state index contributed by atoms with van der Waals surface area (Å²) in [5.41, 5.74) is 0.580. The molecule has 96 valence electrons. The SMILES string of the molecule is Cc1nn(C)cc1S(=O)(=O)N1CCCCCC1. The van der Waals surface area contributed by atoms with Crippen LogP contribution in [-0.2, 0) is 17.1 Å². The summed E-state index contributed by atoms with van der Waals surface area (Å²) in [7, 11) is -1.60. The molecule has 1 aromatic rings. The highest BCUT2D eigenvalue weighted by Crippen LogP contribution is 2.21. The molecule has 1 aliphatic rings. The minimum Gasteiger partial charge on any atom is -0.274 e. The molecule has 2 rings (SSSR count). The van der Waals surface area contributed by atoms with Gasteiger partial charge in [-0.05, 0) is 19.8 Å². The molecule has 1 saturated heterocycles. The van der Waals surface area contributed by atoms with Crippen LogP contribution in [0.2, 0.25) is 0 Å². The van der Waals surface area contributed by atoms with Gasteiger partial charge in [-0.15, -0.1) is 0 Å². The molecule has 0 atom stereocenters. The predicted octanol–water partition coefficient (Wildman–Crippen LogP) is 1.29. The summed E-state index contributed by atoms with van der Waals surface area (Å²) in [6.45, 7) is 3.01. The van der Waals surface area contributed by atoms with Crippen LogP contribution >= 0.6 is 0 Å². The standard InChI is InChI=1S/C11H19N3O2S/c1-10-11(9-13(2)12-10)17(15,16)14-7-5-3-4-6-8-14/h9H,3-8H2,1-2H3. The van der Waals surface area contributed by atoms with E-state index in [4.69, 9.17) is 0 Å². The molecule has 0 spiro atoms. The van der Waals surface area contributed by atoms with Crippen LogP contribution in [0.15, 0.2) is 11.1 Å². The van der Waals surface area contributed by atoms with Gasteiger partial charge in [-0.3, -0.25) is 4.68 Å². The summed E-state index contributed by atoms with van der Waals surface area (Å²) in [5, 5.41) is 4.11. The van der Waals surface area contributed by atoms with Crippen molar-refractivity contribution in [1.82, 2.24) is 14.1 Å². The molecule has 5 nitrogen and oxygen atoms in total. The number of hydrogen-bond acceptors (Lipinski definition) is 3. The van der Waals surface area contributed by atoms with E-state index in [-0.39, 0.29) is 0 Å². The van der Waals surface area contributed by atoms with E-state index >= 15 is 0 Å². The third-order valence-electron chi connectivity index (χ3n) is 3.15. The Bertz CT molecular complexity index is 485. The maximum absolute atomic E-state index is 12.4. The highest BCUT2D eigenvalue weighted by molar-refractivity contribution is 7.89. The van der Waals surface area contributed by atoms with Gasteiger partial charge < -0.3 is 0 Å². The molecule has 0 saturated carbocycles. The fourth-order valence-electron chi connectivity index (χ4n) is 2.25. The maximum Gasteiger partial charge on any atom is 0.246 e. The van der Waals surface area contributed by atoms with E-state index in [9.17, 15) is 8.42 Å². The van der Waals surface area contributed by atoms with E-state index in [0.29, 0.717) is 23.7 Å². The molecule has 2 heterocycles. The second-order valence-electron chi connectivity index (χ2n) is 4.57. The normalized spacial score (nSPS) is 19.2. The number of aromatic nitrogens is 2. The van der Waals surface area contributed by atoms with Crippen molar-refractivity contribution in [3.63, 3.8) is 0 Å². The average molecular weight is 257 g/mol. The van der Waals surface area contributed by atoms with Gasteiger partial charge in [0, 0.05) is 26.3 Å². The Morgan fingerprint density at radius 1 is 1.18 bits per heavy atom. The zero-order chi connectivity index (χ0) is 12.5. The van der Waals surface area contributed by atoms with Crippen LogP contribution in [0.25, 0.3) is 0 Å². The van der Waals surface area contributed by atoms with Gasteiger partial charge in [0.1, 0.15) is 4.90 Å². The molecule has 0 bridgehead atoms. The van der Waals surface area contributed by atoms with Crippen molar-refractivity contribution in [3.8, 4) is 0 Å². The van der Waals surface area contributed by atoms with Crippen LogP contribution in [0.4, 0.5) is 0 Å². The van der Waals surface area contributed by atoms with E-state index in [1.807, 2.05) is 0 Å². The van der Waals surface area contributed by atoms with Gasteiger partial charge >= 0.3 is 0 Å². The number of aryl methyl sites for hydroxylation is 2. The van der Waals surface area contributed by atoms with Crippen LogP contribution in [0.5, 0.6) is 0 Å². The molecule has 0 amide bonds. The van der Waals surface area contributed by atoms with Crippen molar-refractivity contribution in [1.29, 1.82) is 0 Å². The molecular formula is C11H19N3O2S. The first-order chi connectivity index (χ1) is 8.01. The average Bonchev–Trinajstić information content (AvgIpc) is 2.52. The predicted molar refractivity (Wildman–Crippen MR) is 65.2 cm³/mol. The van der Waals surface area contributed by atoms with E-state index < -0.39 is 10.0 Å². The summed E-state index contributed by atoms with van der Waals surface area (Å²) >= 11 is 0. The second kappa shape index (κ2) is 4.78. The second-order valence-corrected chi connectivity index (χ2v) is 6.48. The van der Waals surface area contributed by atoms with Gasteiger partial charge in [0.15, 0.2) is 0 Å². The fourth-order valence-corrected chi connectivity index (χ4v) is 3.97. The van der Waals surface area contributed by atoms with Crippen molar-refractivity contribution < 1.29 is 8.42 Å². The van der Waals surface area contributed by atoms with Gasteiger partial charge in [-0.2, -0.15) is 9.40 Å². The van der Waals surface area contributed by atoms with Crippen LogP contribution in [0.3, 0.4) is 0 Å². The Labute approximate surface area is 102 Å². The number of nitrogens with zero attached hydrogens (tertiary/aromatic N) is 3. The van der Waals surface area contributed by atoms with Gasteiger partial charge in [-0.1, -0.05) is 12.8 Å². The molecule has 1 aliphatic heterocycles. The Kier molecular flexibility index (Phi) is 3.53. The van der Waals surface area contributed by atoms with E-state index in [0.717, 1.165) is 25.7 Å². The van der Waals surface area contributed by atoms with Gasteiger partial charge in [-0.25, -0.2) is 8.42 Å². The largest absolute Gasteiger partial charge is 0.274 e. The Balaban J connectivity index is 2.31. The van der Waals surface area contributed by atoms with Crippen molar-refractivity contribution in [2.45, 2.75) is 37.5 Å². The Morgan fingerprint density at radius 3 is 2.24 bits per heavy atom. The maximum atomic E-state index is 12.4. The number of sulfonamides is 1. The molecule has 0 unspecified atom stereocenters. The molecular weight excluding hydrogens is 238 g/mol. The van der Waals surface area contributed by atoms with Crippen LogP contribution in [0.1, 0.15) is 31.4 Å². The van der Waals surface area contributed by atoms with Crippen molar-refractivity contribution in [2.24, 2.45) is 7.05 Å². The van der Waals surface area contributed by atoms with Crippen LogP contribution in [-0.4, -0.2) is 35.6 Å². The zero-order valence-electron chi connectivity index (χ0n) is 10.4. The van der Waals surface area contributed by atoms with Gasteiger partial charge in [0.2, 0.25) is 10.0 Å². The van der Waals surface area contributed by atoms with Crippen molar-refractivity contribution >= 4 is 10.0 Å². The molecule has 0 N–H and O–H groups in total. The third-order valence-corrected chi connectivity index (χ3v) is 5.15. The summed E-state index contributed by atoms with van der Waals surface area (Å²) in [6, 6.07) is 0. The minimum atomic E-state index is -3.35. The lowest BCUT2D eigenvalue weighted by molar-refractivity contribution is 0.423. The van der Waals surface area contributed by atoms with Crippen LogP contribution < -0.4 is 0 Å². The first-order valence-electron chi connectivity index (χ1n) is 6.02. The number of hydrogen-bond donors (Lipinski definition) is 0. The minimum absolute atomic E-state index is 0.349. The monoisotopic (exact) mass is 257 g/mol. The first kappa shape index (κ1) is 12.6. The van der Waals surface area contributed by atoms with Crippen LogP contribution in [0, 0.1) is 6.92 Å². The Hall–Kier alpha value is -0.880. The van der Waals surface area contributed by atoms with E-state index in [1.165, 1.54) is 0 Å². The van der Waals surface area contributed by atoms with Crippen molar-refractivity contribution in [2.75, 3.05) is 13.1 Å². The summed E-state index contributed by atoms with van der Waals surface area (Å²) in [6.07, 6.45) is 5.75. The third kappa shape index (κ3) is 2.52. The smallest absolute Gasteiger partial charge is 0.246 e. The van der Waals surface area contributed by atoms with E-state index in [1.54, 1.807) is 29.2 Å². The quantitative estimate of drug-likeness (QED) is 0.802. The zero-order valence-corrected chi connectivity index (χ0v) is 11.2. The lowest BCUT2D eigenvalue weighted by Crippen LogP contribution is -2.32. The van der Waals surface area contributed by atoms with E-state index in [2.05, 4.69) is 5.10 Å². The lowest BCUT2D eigenvalue weighted by Gasteiger charge is -2.19. The highest BCUT2D eigenvalue weighted by Gasteiger charge is 2.28. The molecule has 0 radical (unpaired) electrons. The Morgan fingerprint density at radius 2 is 1.76 bits per heavy atom. The summed E-state index contributed by atoms with van der Waals surface area (Å²) < 4.78 is 28.1. The fraction of sp³-hybridized carbons (Fsp3) is 0.727. The topological polar surface area (TPSA) is 55.2 Å². The molecule has 17 heavy (non-hydrogen) atoms. The van der Waals surface area contributed by atoms with Crippen molar-refractivity contribution in [3.05, 3.63) is 11.9 Å². The van der Waals surface area contributed by atoms with Gasteiger partial charge in [0.05, 0.1) is 5.69 Å². The summed E-state index contributed by atoms with van der Waals surface area (Å²) in [4.78, 5) is 0.349. The molecule has 1 aromatic heterocycles.